The van der Waals surface area contributed by atoms with Gasteiger partial charge in [0.15, 0.2) is 5.17 Å². The third-order valence-electron chi connectivity index (χ3n) is 3.39. The van der Waals surface area contributed by atoms with Crippen LogP contribution in [0.1, 0.15) is 26.7 Å². The van der Waals surface area contributed by atoms with Crippen molar-refractivity contribution < 1.29 is 0 Å². The molecule has 2 rings (SSSR count). The highest BCUT2D eigenvalue weighted by Gasteiger charge is 2.24. The smallest absolute Gasteiger partial charge is 0.156 e. The zero-order chi connectivity index (χ0) is 11.4. The van der Waals surface area contributed by atoms with E-state index in [1.54, 1.807) is 0 Å². The van der Waals surface area contributed by atoms with Crippen LogP contribution in [0.15, 0.2) is 4.99 Å². The summed E-state index contributed by atoms with van der Waals surface area (Å²) in [6, 6.07) is 0.700. The molecule has 0 aliphatic carbocycles. The van der Waals surface area contributed by atoms with Crippen LogP contribution in [-0.4, -0.2) is 48.0 Å². The van der Waals surface area contributed by atoms with Gasteiger partial charge in [-0.1, -0.05) is 11.8 Å². The van der Waals surface area contributed by atoms with Gasteiger partial charge in [-0.2, -0.15) is 0 Å². The van der Waals surface area contributed by atoms with Gasteiger partial charge in [0.2, 0.25) is 0 Å². The minimum absolute atomic E-state index is 0.700. The van der Waals surface area contributed by atoms with Gasteiger partial charge in [0.05, 0.1) is 0 Å². The van der Waals surface area contributed by atoms with Crippen molar-refractivity contribution in [1.29, 1.82) is 0 Å². The molecule has 1 unspecified atom stereocenters. The minimum atomic E-state index is 0.700. The lowest BCUT2D eigenvalue weighted by Crippen LogP contribution is -2.32. The van der Waals surface area contributed by atoms with Crippen molar-refractivity contribution in [3.63, 3.8) is 0 Å². The molecule has 1 fully saturated rings. The molecule has 0 amide bonds. The van der Waals surface area contributed by atoms with Crippen molar-refractivity contribution in [2.24, 2.45) is 10.9 Å². The average Bonchev–Trinajstić information content (AvgIpc) is 2.76. The first kappa shape index (κ1) is 12.2. The molecule has 1 saturated heterocycles. The monoisotopic (exact) mass is 241 g/mol. The molecule has 0 spiro atoms. The van der Waals surface area contributed by atoms with E-state index >= 15 is 0 Å². The van der Waals surface area contributed by atoms with Gasteiger partial charge in [0.25, 0.3) is 0 Å². The third kappa shape index (κ3) is 3.39. The van der Waals surface area contributed by atoms with Crippen LogP contribution < -0.4 is 5.32 Å². The van der Waals surface area contributed by atoms with Crippen molar-refractivity contribution in [1.82, 2.24) is 10.2 Å². The number of likely N-dealkylation sites (tertiary alicyclic amines) is 1. The van der Waals surface area contributed by atoms with Gasteiger partial charge in [0.1, 0.15) is 0 Å². The second kappa shape index (κ2) is 5.92. The number of aliphatic imine (C=N–C) groups is 1. The highest BCUT2D eigenvalue weighted by molar-refractivity contribution is 8.13. The number of nitrogens with one attached hydrogen (secondary N) is 1. The van der Waals surface area contributed by atoms with E-state index in [4.69, 9.17) is 0 Å². The van der Waals surface area contributed by atoms with Gasteiger partial charge in [-0.25, -0.2) is 0 Å². The summed E-state index contributed by atoms with van der Waals surface area (Å²) in [7, 11) is 0. The molecule has 16 heavy (non-hydrogen) atoms. The molecule has 92 valence electrons. The first-order valence-electron chi connectivity index (χ1n) is 6.41. The molecule has 2 aliphatic rings. The van der Waals surface area contributed by atoms with Crippen molar-refractivity contribution in [2.45, 2.75) is 32.7 Å². The van der Waals surface area contributed by atoms with Crippen molar-refractivity contribution in [3.8, 4) is 0 Å². The summed E-state index contributed by atoms with van der Waals surface area (Å²) in [5.41, 5.74) is 0. The van der Waals surface area contributed by atoms with E-state index < -0.39 is 0 Å². The van der Waals surface area contributed by atoms with E-state index in [9.17, 15) is 0 Å². The van der Waals surface area contributed by atoms with Crippen molar-refractivity contribution in [2.75, 3.05) is 31.9 Å². The Bertz CT molecular complexity index is 253. The molecule has 3 nitrogen and oxygen atoms in total. The lowest BCUT2D eigenvalue weighted by atomic mass is 10.1. The summed E-state index contributed by atoms with van der Waals surface area (Å²) in [5.74, 6) is 2.04. The normalized spacial score (nSPS) is 27.2. The van der Waals surface area contributed by atoms with E-state index in [-0.39, 0.29) is 0 Å². The molecular formula is C12H23N3S. The molecule has 0 aromatic carbocycles. The topological polar surface area (TPSA) is 27.6 Å². The fraction of sp³-hybridized carbons (Fsp3) is 0.917. The van der Waals surface area contributed by atoms with Gasteiger partial charge < -0.3 is 10.2 Å². The number of rotatable bonds is 3. The SMILES string of the molecule is CC(C)N1CCC(CNC2=NCCCS2)C1. The molecule has 0 saturated carbocycles. The van der Waals surface area contributed by atoms with Crippen LogP contribution in [0, 0.1) is 5.92 Å². The second-order valence-electron chi connectivity index (χ2n) is 5.01. The largest absolute Gasteiger partial charge is 0.365 e. The third-order valence-corrected chi connectivity index (χ3v) is 4.43. The molecule has 2 aliphatic heterocycles. The Labute approximate surface area is 103 Å². The predicted molar refractivity (Wildman–Crippen MR) is 72.2 cm³/mol. The first-order chi connectivity index (χ1) is 7.75. The molecule has 1 atom stereocenters. The average molecular weight is 241 g/mol. The van der Waals surface area contributed by atoms with Crippen molar-refractivity contribution >= 4 is 16.9 Å². The van der Waals surface area contributed by atoms with Crippen LogP contribution in [0.5, 0.6) is 0 Å². The summed E-state index contributed by atoms with van der Waals surface area (Å²) in [4.78, 5) is 7.07. The molecule has 0 bridgehead atoms. The lowest BCUT2D eigenvalue weighted by molar-refractivity contribution is 0.265. The Morgan fingerprint density at radius 3 is 3.06 bits per heavy atom. The van der Waals surface area contributed by atoms with E-state index in [1.165, 1.54) is 36.9 Å². The van der Waals surface area contributed by atoms with Gasteiger partial charge in [0, 0.05) is 31.4 Å². The zero-order valence-corrected chi connectivity index (χ0v) is 11.2. The maximum absolute atomic E-state index is 4.50. The highest BCUT2D eigenvalue weighted by atomic mass is 32.2. The number of nitrogens with zero attached hydrogens (tertiary/aromatic N) is 2. The number of hydrogen-bond donors (Lipinski definition) is 1. The second-order valence-corrected chi connectivity index (χ2v) is 6.10. The van der Waals surface area contributed by atoms with Crippen molar-refractivity contribution in [3.05, 3.63) is 0 Å². The Hall–Kier alpha value is -0.220. The Kier molecular flexibility index (Phi) is 4.53. The molecule has 1 N–H and O–H groups in total. The maximum Gasteiger partial charge on any atom is 0.156 e. The van der Waals surface area contributed by atoms with Crippen LogP contribution in [0.2, 0.25) is 0 Å². The van der Waals surface area contributed by atoms with Crippen LogP contribution in [-0.2, 0) is 0 Å². The summed E-state index contributed by atoms with van der Waals surface area (Å²) in [6.07, 6.45) is 2.57. The highest BCUT2D eigenvalue weighted by Crippen LogP contribution is 2.18. The summed E-state index contributed by atoms with van der Waals surface area (Å²) in [6.45, 7) is 9.22. The van der Waals surface area contributed by atoms with E-state index in [1.807, 2.05) is 11.8 Å². The van der Waals surface area contributed by atoms with Crippen LogP contribution in [0.3, 0.4) is 0 Å². The quantitative estimate of drug-likeness (QED) is 0.816. The molecule has 0 aromatic rings. The summed E-state index contributed by atoms with van der Waals surface area (Å²) < 4.78 is 0. The molecule has 0 radical (unpaired) electrons. The Morgan fingerprint density at radius 2 is 2.44 bits per heavy atom. The molecule has 4 heteroatoms. The van der Waals surface area contributed by atoms with Crippen LogP contribution in [0.25, 0.3) is 0 Å². The van der Waals surface area contributed by atoms with E-state index in [2.05, 4.69) is 29.1 Å². The van der Waals surface area contributed by atoms with E-state index in [0.717, 1.165) is 19.0 Å². The van der Waals surface area contributed by atoms with Gasteiger partial charge >= 0.3 is 0 Å². The standard InChI is InChI=1S/C12H23N3S/c1-10(2)15-6-4-11(9-15)8-14-12-13-5-3-7-16-12/h10-11H,3-9H2,1-2H3,(H,13,14). The lowest BCUT2D eigenvalue weighted by Gasteiger charge is -2.21. The number of amidine groups is 1. The molecule has 2 heterocycles. The molecular weight excluding hydrogens is 218 g/mol. The summed E-state index contributed by atoms with van der Waals surface area (Å²) >= 11 is 1.88. The number of thioether (sulfide) groups is 1. The molecule has 0 aromatic heterocycles. The van der Waals surface area contributed by atoms with Gasteiger partial charge in [-0.05, 0) is 39.2 Å². The zero-order valence-electron chi connectivity index (χ0n) is 10.4. The fourth-order valence-electron chi connectivity index (χ4n) is 2.30. The number of hydrogen-bond acceptors (Lipinski definition) is 4. The summed E-state index contributed by atoms with van der Waals surface area (Å²) in [5, 5.41) is 4.68. The van der Waals surface area contributed by atoms with Gasteiger partial charge in [-0.3, -0.25) is 4.99 Å². The van der Waals surface area contributed by atoms with Crippen LogP contribution >= 0.6 is 11.8 Å². The fourth-order valence-corrected chi connectivity index (χ4v) is 3.13. The van der Waals surface area contributed by atoms with Gasteiger partial charge in [-0.15, -0.1) is 0 Å². The predicted octanol–water partition coefficient (Wildman–Crippen LogP) is 1.80. The first-order valence-corrected chi connectivity index (χ1v) is 7.39. The minimum Gasteiger partial charge on any atom is -0.365 e. The van der Waals surface area contributed by atoms with Crippen LogP contribution in [0.4, 0.5) is 0 Å². The Balaban J connectivity index is 1.69. The van der Waals surface area contributed by atoms with E-state index in [0.29, 0.717) is 6.04 Å². The Morgan fingerprint density at radius 1 is 1.56 bits per heavy atom. The maximum atomic E-state index is 4.50.